The number of nitrogens with zero attached hydrogens (tertiary/aromatic N) is 1. The fourth-order valence-corrected chi connectivity index (χ4v) is 1.25. The van der Waals surface area contributed by atoms with Crippen LogP contribution in [0.1, 0.15) is 26.5 Å². The van der Waals surface area contributed by atoms with Crippen molar-refractivity contribution < 1.29 is 1.43 Å². The van der Waals surface area contributed by atoms with E-state index in [4.69, 9.17) is 0 Å². The zero-order chi connectivity index (χ0) is 9.84. The van der Waals surface area contributed by atoms with Gasteiger partial charge >= 0.3 is 0 Å². The lowest BCUT2D eigenvalue weighted by molar-refractivity contribution is 1.07. The monoisotopic (exact) mass is 178 g/mol. The van der Waals surface area contributed by atoms with Crippen LogP contribution in [-0.4, -0.2) is 10.2 Å². The third-order valence-corrected chi connectivity index (χ3v) is 1.90. The van der Waals surface area contributed by atoms with Crippen molar-refractivity contribution in [3.8, 4) is 0 Å². The van der Waals surface area contributed by atoms with E-state index in [1.807, 2.05) is 26.8 Å². The normalized spacial score (nSPS) is 9.54. The van der Waals surface area contributed by atoms with Crippen LogP contribution in [0, 0.1) is 13.8 Å². The molecule has 2 nitrogen and oxygen atoms in total. The lowest BCUT2D eigenvalue weighted by Gasteiger charge is -1.91. The van der Waals surface area contributed by atoms with Gasteiger partial charge in [-0.2, -0.15) is 5.10 Å². The molecule has 0 saturated heterocycles. The van der Waals surface area contributed by atoms with E-state index < -0.39 is 0 Å². The zero-order valence-corrected chi connectivity index (χ0v) is 8.68. The highest BCUT2D eigenvalue weighted by Crippen LogP contribution is 2.15. The summed E-state index contributed by atoms with van der Waals surface area (Å²) in [4.78, 5) is 0. The highest BCUT2D eigenvalue weighted by atomic mass is 15.1. The molecule has 0 saturated carbocycles. The Balaban J connectivity index is 0.000000531. The van der Waals surface area contributed by atoms with E-state index in [1.165, 1.54) is 10.9 Å². The molecule has 1 heterocycles. The number of hydrogen-bond acceptors (Lipinski definition) is 1. The van der Waals surface area contributed by atoms with Crippen LogP contribution in [0.5, 0.6) is 0 Å². The standard InChI is InChI=1S/C9H10N2.C2H6.H2/c1-6-3-4-9-8(5-6)7(2)10-11-9;1-2;/h3-5H,1-2H3,(H,10,11);1-2H3;1H. The van der Waals surface area contributed by atoms with Crippen molar-refractivity contribution in [2.75, 3.05) is 0 Å². The van der Waals surface area contributed by atoms with Gasteiger partial charge in [-0.15, -0.1) is 0 Å². The summed E-state index contributed by atoms with van der Waals surface area (Å²) < 4.78 is 0. The molecule has 0 atom stereocenters. The van der Waals surface area contributed by atoms with E-state index >= 15 is 0 Å². The van der Waals surface area contributed by atoms with Gasteiger partial charge < -0.3 is 0 Å². The second kappa shape index (κ2) is 4.08. The van der Waals surface area contributed by atoms with Crippen LogP contribution >= 0.6 is 0 Å². The minimum atomic E-state index is 0. The molecule has 1 aromatic heterocycles. The van der Waals surface area contributed by atoms with E-state index in [2.05, 4.69) is 29.3 Å². The second-order valence-corrected chi connectivity index (χ2v) is 2.87. The van der Waals surface area contributed by atoms with Gasteiger partial charge in [0.1, 0.15) is 0 Å². The van der Waals surface area contributed by atoms with Crippen molar-refractivity contribution in [1.82, 2.24) is 10.2 Å². The molecule has 72 valence electrons. The van der Waals surface area contributed by atoms with Gasteiger partial charge in [-0.05, 0) is 26.0 Å². The number of fused-ring (bicyclic) bond motifs is 1. The highest BCUT2D eigenvalue weighted by Gasteiger charge is 1.98. The van der Waals surface area contributed by atoms with Gasteiger partial charge in [-0.1, -0.05) is 25.5 Å². The van der Waals surface area contributed by atoms with Crippen LogP contribution in [0.3, 0.4) is 0 Å². The Morgan fingerprint density at radius 2 is 1.92 bits per heavy atom. The minimum absolute atomic E-state index is 0. The Morgan fingerprint density at radius 1 is 1.23 bits per heavy atom. The Bertz CT molecular complexity index is 393. The van der Waals surface area contributed by atoms with Gasteiger partial charge in [0, 0.05) is 12.5 Å². The fourth-order valence-electron chi connectivity index (χ4n) is 1.25. The largest absolute Gasteiger partial charge is 0.282 e. The molecule has 2 heteroatoms. The third-order valence-electron chi connectivity index (χ3n) is 1.90. The van der Waals surface area contributed by atoms with Crippen LogP contribution in [0.4, 0.5) is 0 Å². The topological polar surface area (TPSA) is 28.7 Å². The van der Waals surface area contributed by atoms with Crippen molar-refractivity contribution in [2.24, 2.45) is 0 Å². The molecule has 0 aliphatic rings. The van der Waals surface area contributed by atoms with Gasteiger partial charge in [0.2, 0.25) is 0 Å². The molecule has 0 aliphatic carbocycles. The molecule has 1 N–H and O–H groups in total. The Hall–Kier alpha value is -1.31. The predicted molar refractivity (Wildman–Crippen MR) is 59.0 cm³/mol. The SMILES string of the molecule is CC.Cc1ccc2n[nH]c(C)c2c1.[HH]. The average molecular weight is 178 g/mol. The molecular formula is C11H18N2. The maximum Gasteiger partial charge on any atom is 0.0923 e. The molecule has 0 fully saturated rings. The van der Waals surface area contributed by atoms with Crippen LogP contribution in [0.25, 0.3) is 10.9 Å². The highest BCUT2D eigenvalue weighted by molar-refractivity contribution is 5.81. The lowest BCUT2D eigenvalue weighted by atomic mass is 10.1. The molecule has 0 amide bonds. The fraction of sp³-hybridized carbons (Fsp3) is 0.364. The second-order valence-electron chi connectivity index (χ2n) is 2.87. The van der Waals surface area contributed by atoms with Crippen LogP contribution in [0.2, 0.25) is 0 Å². The first-order valence-electron chi connectivity index (χ1n) is 4.69. The summed E-state index contributed by atoms with van der Waals surface area (Å²) in [6.45, 7) is 8.13. The molecule has 0 spiro atoms. The van der Waals surface area contributed by atoms with Gasteiger partial charge in [0.15, 0.2) is 0 Å². The summed E-state index contributed by atoms with van der Waals surface area (Å²) in [5, 5.41) is 8.32. The Morgan fingerprint density at radius 3 is 2.62 bits per heavy atom. The molecule has 0 radical (unpaired) electrons. The molecular weight excluding hydrogens is 160 g/mol. The summed E-state index contributed by atoms with van der Waals surface area (Å²) in [6, 6.07) is 6.25. The van der Waals surface area contributed by atoms with Crippen molar-refractivity contribution in [3.05, 3.63) is 29.5 Å². The van der Waals surface area contributed by atoms with E-state index in [0.29, 0.717) is 0 Å². The summed E-state index contributed by atoms with van der Waals surface area (Å²) in [5.41, 5.74) is 3.47. The zero-order valence-electron chi connectivity index (χ0n) is 8.68. The summed E-state index contributed by atoms with van der Waals surface area (Å²) in [6.07, 6.45) is 0. The number of nitrogens with one attached hydrogen (secondary N) is 1. The summed E-state index contributed by atoms with van der Waals surface area (Å²) in [7, 11) is 0. The van der Waals surface area contributed by atoms with Gasteiger partial charge in [0.25, 0.3) is 0 Å². The van der Waals surface area contributed by atoms with E-state index in [0.717, 1.165) is 11.2 Å². The van der Waals surface area contributed by atoms with Crippen LogP contribution in [0.15, 0.2) is 18.2 Å². The maximum absolute atomic E-state index is 4.13. The molecule has 2 aromatic rings. The van der Waals surface area contributed by atoms with E-state index in [9.17, 15) is 0 Å². The van der Waals surface area contributed by atoms with Gasteiger partial charge in [-0.3, -0.25) is 5.10 Å². The van der Waals surface area contributed by atoms with Crippen molar-refractivity contribution in [1.29, 1.82) is 0 Å². The molecule has 2 rings (SSSR count). The smallest absolute Gasteiger partial charge is 0.0923 e. The lowest BCUT2D eigenvalue weighted by Crippen LogP contribution is -1.72. The Labute approximate surface area is 80.5 Å². The molecule has 0 aliphatic heterocycles. The third kappa shape index (κ3) is 1.89. The van der Waals surface area contributed by atoms with Crippen molar-refractivity contribution >= 4 is 10.9 Å². The number of aryl methyl sites for hydroxylation is 2. The number of benzene rings is 1. The van der Waals surface area contributed by atoms with E-state index in [1.54, 1.807) is 0 Å². The number of H-pyrrole nitrogens is 1. The van der Waals surface area contributed by atoms with Crippen molar-refractivity contribution in [2.45, 2.75) is 27.7 Å². The molecule has 0 bridgehead atoms. The number of aromatic amines is 1. The maximum atomic E-state index is 4.13. The van der Waals surface area contributed by atoms with Crippen LogP contribution < -0.4 is 0 Å². The molecule has 13 heavy (non-hydrogen) atoms. The number of aromatic nitrogens is 2. The first kappa shape index (κ1) is 9.78. The Kier molecular flexibility index (Phi) is 3.07. The quantitative estimate of drug-likeness (QED) is 0.657. The number of rotatable bonds is 0. The summed E-state index contributed by atoms with van der Waals surface area (Å²) in [5.74, 6) is 0. The first-order valence-corrected chi connectivity index (χ1v) is 4.69. The molecule has 0 unspecified atom stereocenters. The van der Waals surface area contributed by atoms with Gasteiger partial charge in [0.05, 0.1) is 5.52 Å². The average Bonchev–Trinajstić information content (AvgIpc) is 2.52. The van der Waals surface area contributed by atoms with Crippen molar-refractivity contribution in [3.63, 3.8) is 0 Å². The summed E-state index contributed by atoms with van der Waals surface area (Å²) >= 11 is 0. The number of hydrogen-bond donors (Lipinski definition) is 1. The van der Waals surface area contributed by atoms with Crippen LogP contribution in [-0.2, 0) is 0 Å². The molecule has 1 aromatic carbocycles. The van der Waals surface area contributed by atoms with E-state index in [-0.39, 0.29) is 1.43 Å². The predicted octanol–water partition coefficient (Wildman–Crippen LogP) is 3.45. The first-order chi connectivity index (χ1) is 6.27. The van der Waals surface area contributed by atoms with Gasteiger partial charge in [-0.25, -0.2) is 0 Å². The minimum Gasteiger partial charge on any atom is -0.282 e.